The first kappa shape index (κ1) is 22.6. The van der Waals surface area contributed by atoms with Gasteiger partial charge in [0.2, 0.25) is 11.8 Å². The molecular weight excluding hydrogens is 580 g/mol. The van der Waals surface area contributed by atoms with E-state index in [9.17, 15) is 18.4 Å². The predicted octanol–water partition coefficient (Wildman–Crippen LogP) is 6.91. The molecule has 0 radical (unpaired) electrons. The van der Waals surface area contributed by atoms with Crippen LogP contribution in [-0.2, 0) is 9.59 Å². The molecule has 3 nitrogen and oxygen atoms in total. The standard InChI is InChI=1S/C28H17Br2F2NO2/c29-16-8-4-14(5-9-16)22(15-6-10-17(30)11-7-15)23-18-12-13-19(23)25-24(18)27(34)33(28(25)35)26-20(31)2-1-3-21(26)32/h1-13,18-19,24-25H/t18-,19+,24-,25-/m0/s1. The van der Waals surface area contributed by atoms with Gasteiger partial charge in [0.25, 0.3) is 0 Å². The van der Waals surface area contributed by atoms with Crippen molar-refractivity contribution < 1.29 is 18.4 Å². The number of nitrogens with zero attached hydrogens (tertiary/aromatic N) is 1. The quantitative estimate of drug-likeness (QED) is 0.243. The Morgan fingerprint density at radius 1 is 0.686 bits per heavy atom. The van der Waals surface area contributed by atoms with Gasteiger partial charge in [0.05, 0.1) is 11.8 Å². The van der Waals surface area contributed by atoms with Crippen molar-refractivity contribution >= 4 is 54.9 Å². The monoisotopic (exact) mass is 595 g/mol. The summed E-state index contributed by atoms with van der Waals surface area (Å²) in [5.74, 6) is -4.98. The molecule has 6 rings (SSSR count). The van der Waals surface area contributed by atoms with Gasteiger partial charge in [-0.1, -0.05) is 74.3 Å². The van der Waals surface area contributed by atoms with E-state index in [0.29, 0.717) is 0 Å². The molecule has 0 aromatic heterocycles. The number of hydrogen-bond acceptors (Lipinski definition) is 2. The summed E-state index contributed by atoms with van der Waals surface area (Å²) in [6.07, 6.45) is 3.93. The van der Waals surface area contributed by atoms with Gasteiger partial charge in [-0.2, -0.15) is 0 Å². The van der Waals surface area contributed by atoms with Gasteiger partial charge in [-0.25, -0.2) is 13.7 Å². The number of hydrogen-bond donors (Lipinski definition) is 0. The third-order valence-electron chi connectivity index (χ3n) is 7.13. The molecular formula is C28H17Br2F2NO2. The average Bonchev–Trinajstić information content (AvgIpc) is 3.47. The van der Waals surface area contributed by atoms with Gasteiger partial charge < -0.3 is 0 Å². The molecule has 1 saturated carbocycles. The first-order chi connectivity index (χ1) is 16.9. The van der Waals surface area contributed by atoms with Crippen LogP contribution in [0.25, 0.3) is 5.57 Å². The molecule has 1 saturated heterocycles. The van der Waals surface area contributed by atoms with Crippen molar-refractivity contribution in [3.05, 3.63) is 116 Å². The maximum atomic E-state index is 14.5. The number of amides is 2. The van der Waals surface area contributed by atoms with Crippen molar-refractivity contribution in [1.82, 2.24) is 0 Å². The minimum absolute atomic E-state index is 0.330. The molecule has 35 heavy (non-hydrogen) atoms. The zero-order valence-electron chi connectivity index (χ0n) is 18.1. The summed E-state index contributed by atoms with van der Waals surface area (Å²) in [5, 5.41) is 0. The maximum Gasteiger partial charge on any atom is 0.238 e. The van der Waals surface area contributed by atoms with Gasteiger partial charge in [-0.05, 0) is 58.7 Å². The van der Waals surface area contributed by atoms with Crippen LogP contribution in [-0.4, -0.2) is 11.8 Å². The van der Waals surface area contributed by atoms with E-state index < -0.39 is 41.0 Å². The SMILES string of the molecule is O=C1[C@@H]2[C@@H](C(=O)N1c1c(F)cccc1F)[C@H]1C=C[C@@H]2C1=C(c1ccc(Br)cc1)c1ccc(Br)cc1. The summed E-state index contributed by atoms with van der Waals surface area (Å²) in [6, 6.07) is 19.2. The largest absolute Gasteiger partial charge is 0.274 e. The number of halogens is 4. The summed E-state index contributed by atoms with van der Waals surface area (Å²) in [4.78, 5) is 27.8. The zero-order valence-corrected chi connectivity index (χ0v) is 21.3. The van der Waals surface area contributed by atoms with Gasteiger partial charge >= 0.3 is 0 Å². The first-order valence-electron chi connectivity index (χ1n) is 11.1. The Balaban J connectivity index is 1.50. The molecule has 2 bridgehead atoms. The fourth-order valence-electron chi connectivity index (χ4n) is 5.75. The highest BCUT2D eigenvalue weighted by Crippen LogP contribution is 2.59. The second kappa shape index (κ2) is 8.35. The average molecular weight is 597 g/mol. The van der Waals surface area contributed by atoms with Crippen LogP contribution in [0, 0.1) is 35.3 Å². The molecule has 3 aromatic rings. The fourth-order valence-corrected chi connectivity index (χ4v) is 6.28. The van der Waals surface area contributed by atoms with Crippen LogP contribution in [0.15, 0.2) is 93.4 Å². The second-order valence-corrected chi connectivity index (χ2v) is 10.7. The van der Waals surface area contributed by atoms with E-state index in [4.69, 9.17) is 0 Å². The molecule has 1 heterocycles. The predicted molar refractivity (Wildman–Crippen MR) is 136 cm³/mol. The van der Waals surface area contributed by atoms with E-state index in [-0.39, 0.29) is 11.8 Å². The summed E-state index contributed by atoms with van der Waals surface area (Å²) < 4.78 is 30.9. The number of carbonyl (C=O) groups excluding carboxylic acids is 2. The number of fused-ring (bicyclic) bond motifs is 5. The molecule has 0 unspecified atom stereocenters. The minimum atomic E-state index is -0.923. The lowest BCUT2D eigenvalue weighted by Gasteiger charge is -2.22. The van der Waals surface area contributed by atoms with E-state index in [2.05, 4.69) is 31.9 Å². The van der Waals surface area contributed by atoms with Gasteiger partial charge in [0.1, 0.15) is 17.3 Å². The van der Waals surface area contributed by atoms with Crippen LogP contribution in [0.3, 0.4) is 0 Å². The van der Waals surface area contributed by atoms with Crippen LogP contribution < -0.4 is 4.90 Å². The molecule has 7 heteroatoms. The van der Waals surface area contributed by atoms with Crippen molar-refractivity contribution in [2.75, 3.05) is 4.90 Å². The van der Waals surface area contributed by atoms with Crippen LogP contribution in [0.4, 0.5) is 14.5 Å². The Labute approximate surface area is 217 Å². The number of imide groups is 1. The lowest BCUT2D eigenvalue weighted by molar-refractivity contribution is -0.123. The van der Waals surface area contributed by atoms with Gasteiger partial charge in [0, 0.05) is 20.8 Å². The van der Waals surface area contributed by atoms with Crippen molar-refractivity contribution in [1.29, 1.82) is 0 Å². The number of rotatable bonds is 3. The Morgan fingerprint density at radius 2 is 1.11 bits per heavy atom. The van der Waals surface area contributed by atoms with Crippen molar-refractivity contribution in [2.45, 2.75) is 0 Å². The normalized spacial score (nSPS) is 24.5. The summed E-state index contributed by atoms with van der Waals surface area (Å²) in [6.45, 7) is 0. The lowest BCUT2D eigenvalue weighted by atomic mass is 9.85. The van der Waals surface area contributed by atoms with Crippen LogP contribution in [0.5, 0.6) is 0 Å². The van der Waals surface area contributed by atoms with E-state index >= 15 is 0 Å². The molecule has 3 aromatic carbocycles. The maximum absolute atomic E-state index is 14.5. The Kier molecular flexibility index (Phi) is 5.38. The number of carbonyl (C=O) groups is 2. The molecule has 0 N–H and O–H groups in total. The summed E-state index contributed by atoms with van der Waals surface area (Å²) in [5.41, 5.74) is 3.34. The topological polar surface area (TPSA) is 37.4 Å². The summed E-state index contributed by atoms with van der Waals surface area (Å²) in [7, 11) is 0. The molecule has 3 aliphatic rings. The Bertz CT molecular complexity index is 1350. The highest BCUT2D eigenvalue weighted by atomic mass is 79.9. The first-order valence-corrected chi connectivity index (χ1v) is 12.7. The smallest absolute Gasteiger partial charge is 0.238 e. The fraction of sp³-hybridized carbons (Fsp3) is 0.143. The van der Waals surface area contributed by atoms with E-state index in [0.717, 1.165) is 48.3 Å². The number of allylic oxidation sites excluding steroid dienone is 3. The molecule has 2 aliphatic carbocycles. The second-order valence-electron chi connectivity index (χ2n) is 8.91. The molecule has 0 spiro atoms. The van der Waals surface area contributed by atoms with Gasteiger partial charge in [-0.3, -0.25) is 9.59 Å². The molecule has 174 valence electrons. The molecule has 1 aliphatic heterocycles. The lowest BCUT2D eigenvalue weighted by Crippen LogP contribution is -2.34. The van der Waals surface area contributed by atoms with Crippen molar-refractivity contribution in [2.24, 2.45) is 23.7 Å². The van der Waals surface area contributed by atoms with Crippen LogP contribution in [0.1, 0.15) is 11.1 Å². The van der Waals surface area contributed by atoms with Crippen LogP contribution in [0.2, 0.25) is 0 Å². The highest BCUT2D eigenvalue weighted by molar-refractivity contribution is 9.10. The van der Waals surface area contributed by atoms with Crippen molar-refractivity contribution in [3.8, 4) is 0 Å². The Hall–Kier alpha value is -2.90. The number of anilines is 1. The van der Waals surface area contributed by atoms with E-state index in [1.807, 2.05) is 60.7 Å². The third-order valence-corrected chi connectivity index (χ3v) is 8.19. The zero-order chi connectivity index (χ0) is 24.4. The van der Waals surface area contributed by atoms with E-state index in [1.54, 1.807) is 0 Å². The van der Waals surface area contributed by atoms with Crippen molar-refractivity contribution in [3.63, 3.8) is 0 Å². The number of para-hydroxylation sites is 1. The summed E-state index contributed by atoms with van der Waals surface area (Å²) >= 11 is 6.97. The van der Waals surface area contributed by atoms with E-state index in [1.165, 1.54) is 6.07 Å². The molecule has 2 amide bonds. The minimum Gasteiger partial charge on any atom is -0.274 e. The number of benzene rings is 3. The van der Waals surface area contributed by atoms with Crippen LogP contribution >= 0.6 is 31.9 Å². The van der Waals surface area contributed by atoms with Gasteiger partial charge in [-0.15, -0.1) is 0 Å². The molecule has 2 fully saturated rings. The third kappa shape index (κ3) is 3.39. The molecule has 4 atom stereocenters. The highest BCUT2D eigenvalue weighted by Gasteiger charge is 2.63. The van der Waals surface area contributed by atoms with Gasteiger partial charge in [0.15, 0.2) is 0 Å². The Morgan fingerprint density at radius 3 is 1.54 bits per heavy atom.